The molecule has 0 aliphatic carbocycles. The van der Waals surface area contributed by atoms with Crippen molar-refractivity contribution in [1.29, 1.82) is 0 Å². The highest BCUT2D eigenvalue weighted by atomic mass is 16.5. The number of phenols is 1. The number of carbonyl (C=O) groups is 1. The molecule has 0 fully saturated rings. The van der Waals surface area contributed by atoms with Crippen LogP contribution < -0.4 is 4.74 Å². The lowest BCUT2D eigenvalue weighted by Crippen LogP contribution is -2.18. The van der Waals surface area contributed by atoms with Crippen LogP contribution in [0.2, 0.25) is 0 Å². The van der Waals surface area contributed by atoms with E-state index in [9.17, 15) is 9.90 Å². The third kappa shape index (κ3) is 4.46. The van der Waals surface area contributed by atoms with Gasteiger partial charge in [-0.05, 0) is 23.0 Å². The van der Waals surface area contributed by atoms with Crippen LogP contribution in [0, 0.1) is 0 Å². The summed E-state index contributed by atoms with van der Waals surface area (Å²) in [5.74, 6) is 0.168. The van der Waals surface area contributed by atoms with E-state index in [-0.39, 0.29) is 29.6 Å². The third-order valence-corrected chi connectivity index (χ3v) is 3.25. The van der Waals surface area contributed by atoms with Crippen molar-refractivity contribution in [3.63, 3.8) is 0 Å². The van der Waals surface area contributed by atoms with Crippen molar-refractivity contribution in [2.45, 2.75) is 58.8 Å². The Bertz CT molecular complexity index is 484. The zero-order chi connectivity index (χ0) is 16.4. The normalized spacial score (nSPS) is 12.3. The van der Waals surface area contributed by atoms with E-state index in [0.717, 1.165) is 11.1 Å². The molecule has 0 unspecified atom stereocenters. The van der Waals surface area contributed by atoms with Crippen LogP contribution in [-0.4, -0.2) is 22.8 Å². The standard InChI is InChI=1S/C17H26O4/c1-16(2,3)12-9-11(21-14(19)7-8-18)10-13(15(12)20)17(4,5)6/h9-10,18,20H,7-8H2,1-6H3. The summed E-state index contributed by atoms with van der Waals surface area (Å²) >= 11 is 0. The van der Waals surface area contributed by atoms with Crippen LogP contribution in [-0.2, 0) is 15.6 Å². The molecular weight excluding hydrogens is 268 g/mol. The molecule has 0 spiro atoms. The number of ether oxygens (including phenoxy) is 1. The van der Waals surface area contributed by atoms with Gasteiger partial charge in [0.2, 0.25) is 0 Å². The van der Waals surface area contributed by atoms with Gasteiger partial charge in [0.05, 0.1) is 13.0 Å². The summed E-state index contributed by atoms with van der Waals surface area (Å²) in [6.45, 7) is 11.7. The predicted octanol–water partition coefficient (Wildman–Crippen LogP) is 3.28. The first kappa shape index (κ1) is 17.5. The maximum Gasteiger partial charge on any atom is 0.313 e. The molecule has 4 nitrogen and oxygen atoms in total. The Labute approximate surface area is 126 Å². The Hall–Kier alpha value is -1.55. The number of aromatic hydroxyl groups is 1. The Morgan fingerprint density at radius 3 is 1.81 bits per heavy atom. The third-order valence-electron chi connectivity index (χ3n) is 3.25. The molecule has 21 heavy (non-hydrogen) atoms. The van der Waals surface area contributed by atoms with E-state index < -0.39 is 5.97 Å². The van der Waals surface area contributed by atoms with Crippen molar-refractivity contribution in [3.8, 4) is 11.5 Å². The van der Waals surface area contributed by atoms with Gasteiger partial charge in [-0.2, -0.15) is 0 Å². The summed E-state index contributed by atoms with van der Waals surface area (Å²) in [4.78, 5) is 11.6. The van der Waals surface area contributed by atoms with Crippen LogP contribution in [0.25, 0.3) is 0 Å². The summed E-state index contributed by atoms with van der Waals surface area (Å²) in [5.41, 5.74) is 0.927. The van der Waals surface area contributed by atoms with Crippen LogP contribution in [0.15, 0.2) is 12.1 Å². The lowest BCUT2D eigenvalue weighted by atomic mass is 9.79. The molecule has 0 atom stereocenters. The minimum atomic E-state index is -0.483. The minimum Gasteiger partial charge on any atom is -0.507 e. The van der Waals surface area contributed by atoms with Crippen molar-refractivity contribution in [3.05, 3.63) is 23.3 Å². The van der Waals surface area contributed by atoms with E-state index in [1.807, 2.05) is 41.5 Å². The molecule has 0 bridgehead atoms. The summed E-state index contributed by atoms with van der Waals surface area (Å²) in [6, 6.07) is 3.39. The number of aliphatic hydroxyl groups excluding tert-OH is 1. The molecule has 118 valence electrons. The maximum absolute atomic E-state index is 11.6. The highest BCUT2D eigenvalue weighted by molar-refractivity contribution is 5.73. The monoisotopic (exact) mass is 294 g/mol. The first-order valence-electron chi connectivity index (χ1n) is 7.16. The Kier molecular flexibility index (Phi) is 5.05. The molecule has 0 aliphatic heterocycles. The van der Waals surface area contributed by atoms with Crippen LogP contribution >= 0.6 is 0 Å². The lowest BCUT2D eigenvalue weighted by Gasteiger charge is -2.27. The summed E-state index contributed by atoms with van der Waals surface area (Å²) in [7, 11) is 0. The minimum absolute atomic E-state index is 0.0451. The van der Waals surface area contributed by atoms with E-state index in [0.29, 0.717) is 5.75 Å². The van der Waals surface area contributed by atoms with Crippen LogP contribution in [0.3, 0.4) is 0 Å². The van der Waals surface area contributed by atoms with E-state index >= 15 is 0 Å². The van der Waals surface area contributed by atoms with Crippen molar-refractivity contribution >= 4 is 5.97 Å². The molecule has 0 heterocycles. The Balaban J connectivity index is 3.37. The van der Waals surface area contributed by atoms with Gasteiger partial charge in [0, 0.05) is 11.1 Å². The largest absolute Gasteiger partial charge is 0.507 e. The predicted molar refractivity (Wildman–Crippen MR) is 82.8 cm³/mol. The van der Waals surface area contributed by atoms with Gasteiger partial charge in [-0.1, -0.05) is 41.5 Å². The zero-order valence-electron chi connectivity index (χ0n) is 13.8. The van der Waals surface area contributed by atoms with Crippen LogP contribution in [0.1, 0.15) is 59.1 Å². The van der Waals surface area contributed by atoms with Gasteiger partial charge < -0.3 is 14.9 Å². The maximum atomic E-state index is 11.6. The SMILES string of the molecule is CC(C)(C)c1cc(OC(=O)CCO)cc(C(C)(C)C)c1O. The number of carbonyl (C=O) groups excluding carboxylic acids is 1. The number of aliphatic hydroxyl groups is 1. The summed E-state index contributed by atoms with van der Waals surface area (Å²) in [5, 5.41) is 19.3. The van der Waals surface area contributed by atoms with Gasteiger partial charge in [-0.25, -0.2) is 0 Å². The number of phenolic OH excluding ortho intramolecular Hbond substituents is 1. The van der Waals surface area contributed by atoms with Gasteiger partial charge in [0.25, 0.3) is 0 Å². The highest BCUT2D eigenvalue weighted by Crippen LogP contribution is 2.41. The molecule has 4 heteroatoms. The second kappa shape index (κ2) is 6.06. The quantitative estimate of drug-likeness (QED) is 0.663. The number of hydrogen-bond acceptors (Lipinski definition) is 4. The van der Waals surface area contributed by atoms with Gasteiger partial charge in [-0.3, -0.25) is 4.79 Å². The number of hydrogen-bond donors (Lipinski definition) is 2. The summed E-state index contributed by atoms with van der Waals surface area (Å²) in [6.07, 6.45) is -0.0451. The number of esters is 1. The number of rotatable bonds is 3. The molecule has 2 N–H and O–H groups in total. The Morgan fingerprint density at radius 2 is 1.48 bits per heavy atom. The molecule has 0 amide bonds. The molecular formula is C17H26O4. The molecule has 0 radical (unpaired) electrons. The van der Waals surface area contributed by atoms with E-state index in [4.69, 9.17) is 9.84 Å². The zero-order valence-corrected chi connectivity index (χ0v) is 13.8. The smallest absolute Gasteiger partial charge is 0.313 e. The second-order valence-corrected chi connectivity index (χ2v) is 7.31. The highest BCUT2D eigenvalue weighted by Gasteiger charge is 2.27. The molecule has 0 saturated heterocycles. The van der Waals surface area contributed by atoms with E-state index in [2.05, 4.69) is 0 Å². The van der Waals surface area contributed by atoms with Crippen molar-refractivity contribution < 1.29 is 19.7 Å². The molecule has 1 aromatic rings. The fourth-order valence-corrected chi connectivity index (χ4v) is 2.08. The first-order chi connectivity index (χ1) is 9.46. The van der Waals surface area contributed by atoms with E-state index in [1.54, 1.807) is 12.1 Å². The number of benzene rings is 1. The topological polar surface area (TPSA) is 66.8 Å². The average molecular weight is 294 g/mol. The molecule has 1 aromatic carbocycles. The van der Waals surface area contributed by atoms with Crippen molar-refractivity contribution in [2.24, 2.45) is 0 Å². The van der Waals surface area contributed by atoms with Crippen molar-refractivity contribution in [2.75, 3.05) is 6.61 Å². The first-order valence-corrected chi connectivity index (χ1v) is 7.16. The molecule has 0 saturated carbocycles. The van der Waals surface area contributed by atoms with Crippen LogP contribution in [0.5, 0.6) is 11.5 Å². The van der Waals surface area contributed by atoms with Gasteiger partial charge in [0.15, 0.2) is 0 Å². The van der Waals surface area contributed by atoms with Gasteiger partial charge >= 0.3 is 5.97 Å². The van der Waals surface area contributed by atoms with Gasteiger partial charge in [0.1, 0.15) is 11.5 Å². The fraction of sp³-hybridized carbons (Fsp3) is 0.588. The summed E-state index contributed by atoms with van der Waals surface area (Å²) < 4.78 is 5.27. The fourth-order valence-electron chi connectivity index (χ4n) is 2.08. The van der Waals surface area contributed by atoms with Gasteiger partial charge in [-0.15, -0.1) is 0 Å². The Morgan fingerprint density at radius 1 is 1.05 bits per heavy atom. The lowest BCUT2D eigenvalue weighted by molar-refractivity contribution is -0.135. The molecule has 1 rings (SSSR count). The van der Waals surface area contributed by atoms with E-state index in [1.165, 1.54) is 0 Å². The average Bonchev–Trinajstić information content (AvgIpc) is 2.28. The van der Waals surface area contributed by atoms with Crippen LogP contribution in [0.4, 0.5) is 0 Å². The molecule has 0 aromatic heterocycles. The molecule has 0 aliphatic rings. The van der Waals surface area contributed by atoms with Crippen molar-refractivity contribution in [1.82, 2.24) is 0 Å². The second-order valence-electron chi connectivity index (χ2n) is 7.31.